The lowest BCUT2D eigenvalue weighted by atomic mass is 10.1. The molecule has 2 aliphatic heterocycles. The molecule has 1 saturated heterocycles. The van der Waals surface area contributed by atoms with Crippen molar-refractivity contribution in [2.24, 2.45) is 4.99 Å². The van der Waals surface area contributed by atoms with Gasteiger partial charge in [0.2, 0.25) is 5.91 Å². The van der Waals surface area contributed by atoms with E-state index in [4.69, 9.17) is 4.42 Å². The van der Waals surface area contributed by atoms with Gasteiger partial charge in [-0.3, -0.25) is 14.7 Å². The third kappa shape index (κ3) is 5.05. The predicted molar refractivity (Wildman–Crippen MR) is 120 cm³/mol. The number of likely N-dealkylation sites (tertiary alicyclic amines) is 1. The number of carbonyl (C=O) groups is 1. The van der Waals surface area contributed by atoms with Gasteiger partial charge in [0, 0.05) is 31.6 Å². The van der Waals surface area contributed by atoms with Gasteiger partial charge < -0.3 is 20.0 Å². The van der Waals surface area contributed by atoms with Crippen LogP contribution in [0.1, 0.15) is 41.5 Å². The van der Waals surface area contributed by atoms with E-state index in [1.54, 1.807) is 24.6 Å². The molecule has 1 amide bonds. The van der Waals surface area contributed by atoms with Gasteiger partial charge in [-0.15, -0.1) is 11.3 Å². The van der Waals surface area contributed by atoms with Crippen molar-refractivity contribution in [1.29, 1.82) is 0 Å². The van der Waals surface area contributed by atoms with Crippen molar-refractivity contribution in [2.45, 2.75) is 38.3 Å². The van der Waals surface area contributed by atoms with Crippen molar-refractivity contribution in [3.8, 4) is 0 Å². The minimum absolute atomic E-state index is 0.105. The molecule has 4 rings (SSSR count). The molecular weight excluding hydrogens is 398 g/mol. The molecule has 8 heteroatoms. The molecule has 2 aromatic heterocycles. The zero-order valence-corrected chi connectivity index (χ0v) is 18.4. The van der Waals surface area contributed by atoms with Gasteiger partial charge in [0.15, 0.2) is 5.96 Å². The van der Waals surface area contributed by atoms with Gasteiger partial charge in [0.25, 0.3) is 0 Å². The number of nitrogens with zero attached hydrogens (tertiary/aromatic N) is 3. The average Bonchev–Trinajstić information content (AvgIpc) is 3.48. The molecule has 1 unspecified atom stereocenters. The highest BCUT2D eigenvalue weighted by molar-refractivity contribution is 7.10. The number of aliphatic imine (C=N–C) groups is 1. The van der Waals surface area contributed by atoms with Crippen LogP contribution in [0, 0.1) is 0 Å². The molecule has 0 aliphatic carbocycles. The first-order valence-corrected chi connectivity index (χ1v) is 11.7. The number of fused-ring (bicyclic) bond motifs is 1. The van der Waals surface area contributed by atoms with Crippen LogP contribution in [-0.2, 0) is 17.8 Å². The lowest BCUT2D eigenvalue weighted by molar-refractivity contribution is -0.130. The Labute approximate surface area is 182 Å². The summed E-state index contributed by atoms with van der Waals surface area (Å²) in [5.41, 5.74) is 1.28. The Morgan fingerprint density at radius 2 is 2.10 bits per heavy atom. The van der Waals surface area contributed by atoms with Crippen LogP contribution in [0.4, 0.5) is 0 Å². The first kappa shape index (κ1) is 20.9. The Bertz CT molecular complexity index is 842. The van der Waals surface area contributed by atoms with E-state index >= 15 is 0 Å². The van der Waals surface area contributed by atoms with Crippen LogP contribution in [-0.4, -0.2) is 61.4 Å². The van der Waals surface area contributed by atoms with Gasteiger partial charge >= 0.3 is 0 Å². The predicted octanol–water partition coefficient (Wildman–Crippen LogP) is 2.62. The average molecular weight is 430 g/mol. The minimum atomic E-state index is 0.105. The number of amides is 1. The number of guanidine groups is 1. The zero-order chi connectivity index (χ0) is 20.8. The summed E-state index contributed by atoms with van der Waals surface area (Å²) in [4.78, 5) is 22.8. The Morgan fingerprint density at radius 3 is 2.87 bits per heavy atom. The van der Waals surface area contributed by atoms with Crippen molar-refractivity contribution in [2.75, 3.05) is 39.8 Å². The fourth-order valence-corrected chi connectivity index (χ4v) is 5.16. The molecule has 0 spiro atoms. The first-order chi connectivity index (χ1) is 14.7. The van der Waals surface area contributed by atoms with Gasteiger partial charge in [0.05, 0.1) is 18.8 Å². The zero-order valence-electron chi connectivity index (χ0n) is 17.6. The van der Waals surface area contributed by atoms with Gasteiger partial charge in [-0.1, -0.05) is 6.42 Å². The molecule has 0 saturated carbocycles. The van der Waals surface area contributed by atoms with Crippen molar-refractivity contribution in [1.82, 2.24) is 20.4 Å². The highest BCUT2D eigenvalue weighted by atomic mass is 32.1. The molecule has 1 fully saturated rings. The second kappa shape index (κ2) is 10.1. The van der Waals surface area contributed by atoms with Crippen molar-refractivity contribution < 1.29 is 9.21 Å². The van der Waals surface area contributed by atoms with Crippen molar-refractivity contribution in [3.05, 3.63) is 46.0 Å². The molecule has 0 bridgehead atoms. The molecular formula is C22H31N5O2S. The quantitative estimate of drug-likeness (QED) is 0.546. The summed E-state index contributed by atoms with van der Waals surface area (Å²) >= 11 is 1.79. The first-order valence-electron chi connectivity index (χ1n) is 10.8. The second-order valence-electron chi connectivity index (χ2n) is 7.87. The topological polar surface area (TPSA) is 73.1 Å². The van der Waals surface area contributed by atoms with E-state index in [2.05, 4.69) is 32.0 Å². The normalized spacial score (nSPS) is 18.7. The van der Waals surface area contributed by atoms with Gasteiger partial charge in [-0.25, -0.2) is 0 Å². The van der Waals surface area contributed by atoms with Gasteiger partial charge in [-0.2, -0.15) is 0 Å². The monoisotopic (exact) mass is 429 g/mol. The van der Waals surface area contributed by atoms with Crippen LogP contribution in [0.25, 0.3) is 0 Å². The van der Waals surface area contributed by atoms with E-state index in [0.29, 0.717) is 19.0 Å². The SMILES string of the molecule is CN=C(NCC(=O)N1CCc2sccc2C1)NCC(c1ccco1)N1CCCCC1. The Morgan fingerprint density at radius 1 is 1.23 bits per heavy atom. The number of thiophene rings is 1. The maximum atomic E-state index is 12.7. The Balaban J connectivity index is 1.29. The van der Waals surface area contributed by atoms with E-state index in [1.807, 2.05) is 17.0 Å². The number of carbonyl (C=O) groups excluding carboxylic acids is 1. The number of furan rings is 1. The maximum absolute atomic E-state index is 12.7. The second-order valence-corrected chi connectivity index (χ2v) is 8.87. The van der Waals surface area contributed by atoms with Crippen LogP contribution in [0.15, 0.2) is 39.3 Å². The fourth-order valence-electron chi connectivity index (χ4n) is 4.27. The Kier molecular flexibility index (Phi) is 7.07. The molecule has 2 aliphatic rings. The summed E-state index contributed by atoms with van der Waals surface area (Å²) in [6.45, 7) is 4.59. The number of hydrogen-bond donors (Lipinski definition) is 2. The van der Waals surface area contributed by atoms with E-state index in [0.717, 1.165) is 31.8 Å². The van der Waals surface area contributed by atoms with E-state index in [1.165, 1.54) is 29.7 Å². The van der Waals surface area contributed by atoms with E-state index in [9.17, 15) is 4.79 Å². The molecule has 4 heterocycles. The van der Waals surface area contributed by atoms with Crippen LogP contribution in [0.2, 0.25) is 0 Å². The summed E-state index contributed by atoms with van der Waals surface area (Å²) in [6.07, 6.45) is 6.42. The molecule has 0 radical (unpaired) electrons. The molecule has 1 atom stereocenters. The fraction of sp³-hybridized carbons (Fsp3) is 0.545. The summed E-state index contributed by atoms with van der Waals surface area (Å²) < 4.78 is 5.71. The lowest BCUT2D eigenvalue weighted by Crippen LogP contribution is -2.48. The summed E-state index contributed by atoms with van der Waals surface area (Å²) in [5.74, 6) is 1.72. The third-order valence-electron chi connectivity index (χ3n) is 5.96. The van der Waals surface area contributed by atoms with Gasteiger partial charge in [0.1, 0.15) is 5.76 Å². The molecule has 162 valence electrons. The molecule has 2 aromatic rings. The summed E-state index contributed by atoms with van der Waals surface area (Å²) in [5, 5.41) is 8.69. The standard InChI is InChI=1S/C22H31N5O2S/c1-23-22(25-15-21(28)27-11-7-20-17(16-27)8-13-30-20)24-14-18(19-6-5-12-29-19)26-9-3-2-4-10-26/h5-6,8,12-13,18H,2-4,7,9-11,14-16H2,1H3,(H2,23,24,25). The van der Waals surface area contributed by atoms with E-state index in [-0.39, 0.29) is 18.5 Å². The summed E-state index contributed by atoms with van der Waals surface area (Å²) in [6, 6.07) is 6.27. The van der Waals surface area contributed by atoms with Crippen LogP contribution >= 0.6 is 11.3 Å². The van der Waals surface area contributed by atoms with Crippen LogP contribution in [0.5, 0.6) is 0 Å². The molecule has 0 aromatic carbocycles. The van der Waals surface area contributed by atoms with Gasteiger partial charge in [-0.05, 0) is 61.5 Å². The Hall–Kier alpha value is -2.32. The van der Waals surface area contributed by atoms with Crippen molar-refractivity contribution >= 4 is 23.2 Å². The third-order valence-corrected chi connectivity index (χ3v) is 6.98. The molecule has 7 nitrogen and oxygen atoms in total. The lowest BCUT2D eigenvalue weighted by Gasteiger charge is -2.33. The highest BCUT2D eigenvalue weighted by Gasteiger charge is 2.25. The largest absolute Gasteiger partial charge is 0.468 e. The van der Waals surface area contributed by atoms with E-state index < -0.39 is 0 Å². The molecule has 2 N–H and O–H groups in total. The highest BCUT2D eigenvalue weighted by Crippen LogP contribution is 2.25. The number of nitrogens with one attached hydrogen (secondary N) is 2. The van der Waals surface area contributed by atoms with Crippen LogP contribution in [0.3, 0.4) is 0 Å². The number of rotatable bonds is 6. The summed E-state index contributed by atoms with van der Waals surface area (Å²) in [7, 11) is 1.74. The minimum Gasteiger partial charge on any atom is -0.468 e. The van der Waals surface area contributed by atoms with Crippen LogP contribution < -0.4 is 10.6 Å². The maximum Gasteiger partial charge on any atom is 0.242 e. The smallest absolute Gasteiger partial charge is 0.242 e. The molecule has 30 heavy (non-hydrogen) atoms. The number of piperidine rings is 1. The number of hydrogen-bond acceptors (Lipinski definition) is 5. The van der Waals surface area contributed by atoms with Crippen molar-refractivity contribution in [3.63, 3.8) is 0 Å².